The van der Waals surface area contributed by atoms with Crippen LogP contribution in [0.3, 0.4) is 0 Å². The molecule has 284 valence electrons. The number of benzene rings is 2. The SMILES string of the molecule is COc1ccc(COC(C#CC(C)c2ccc3c(c2C(O)c2cnc(S[Si](C(C)C)(C(C)C)C(C)C)o2)CCC32OCCO2)CC(OC)OC)cc1. The van der Waals surface area contributed by atoms with E-state index in [9.17, 15) is 5.11 Å². The zero-order valence-corrected chi connectivity index (χ0v) is 34.3. The maximum Gasteiger partial charge on any atom is 0.249 e. The van der Waals surface area contributed by atoms with Gasteiger partial charge in [-0.3, -0.25) is 0 Å². The topological polar surface area (TPSA) is 102 Å². The van der Waals surface area contributed by atoms with Crippen molar-refractivity contribution in [1.82, 2.24) is 4.98 Å². The van der Waals surface area contributed by atoms with E-state index in [4.69, 9.17) is 37.8 Å². The highest BCUT2D eigenvalue weighted by atomic mass is 32.4. The number of fused-ring (bicyclic) bond motifs is 2. The van der Waals surface area contributed by atoms with Crippen LogP contribution in [0.4, 0.5) is 0 Å². The first-order valence-electron chi connectivity index (χ1n) is 18.5. The van der Waals surface area contributed by atoms with Crippen LogP contribution in [-0.4, -0.2) is 64.3 Å². The molecule has 3 unspecified atom stereocenters. The van der Waals surface area contributed by atoms with Crippen LogP contribution in [0.15, 0.2) is 52.2 Å². The second kappa shape index (κ2) is 17.7. The Bertz CT molecular complexity index is 1650. The largest absolute Gasteiger partial charge is 0.497 e. The van der Waals surface area contributed by atoms with Gasteiger partial charge < -0.3 is 37.9 Å². The molecule has 0 amide bonds. The fraction of sp³-hybridized carbons (Fsp3) is 0.585. The van der Waals surface area contributed by atoms with Gasteiger partial charge in [-0.1, -0.05) is 88.9 Å². The maximum absolute atomic E-state index is 12.2. The highest BCUT2D eigenvalue weighted by Gasteiger charge is 2.47. The normalized spacial score (nSPS) is 17.2. The molecule has 1 aromatic heterocycles. The molecule has 1 spiro atoms. The first-order valence-corrected chi connectivity index (χ1v) is 22.2. The minimum Gasteiger partial charge on any atom is -0.497 e. The molecule has 0 bridgehead atoms. The minimum atomic E-state index is -1.92. The molecule has 1 saturated heterocycles. The monoisotopic (exact) mass is 751 g/mol. The van der Waals surface area contributed by atoms with Gasteiger partial charge in [0.15, 0.2) is 17.8 Å². The molecule has 1 aliphatic carbocycles. The number of hydrogen-bond acceptors (Lipinski definition) is 10. The van der Waals surface area contributed by atoms with Gasteiger partial charge in [-0.05, 0) is 64.4 Å². The smallest absolute Gasteiger partial charge is 0.249 e. The second-order valence-corrected chi connectivity index (χ2v) is 23.1. The average molecular weight is 752 g/mol. The predicted octanol–water partition coefficient (Wildman–Crippen LogP) is 8.88. The molecule has 11 heteroatoms. The van der Waals surface area contributed by atoms with Crippen LogP contribution < -0.4 is 4.74 Å². The molecule has 1 N–H and O–H groups in total. The summed E-state index contributed by atoms with van der Waals surface area (Å²) in [6.45, 7) is 17.4. The van der Waals surface area contributed by atoms with Gasteiger partial charge >= 0.3 is 0 Å². The summed E-state index contributed by atoms with van der Waals surface area (Å²) in [5.41, 5.74) is 6.26. The quantitative estimate of drug-likeness (QED) is 0.0868. The summed E-state index contributed by atoms with van der Waals surface area (Å²) < 4.78 is 41.5. The zero-order chi connectivity index (χ0) is 37.6. The van der Waals surface area contributed by atoms with Gasteiger partial charge in [-0.2, -0.15) is 0 Å². The molecule has 1 fully saturated rings. The van der Waals surface area contributed by atoms with Crippen molar-refractivity contribution in [1.29, 1.82) is 0 Å². The van der Waals surface area contributed by atoms with Crippen LogP contribution >= 0.6 is 11.2 Å². The summed E-state index contributed by atoms with van der Waals surface area (Å²) in [5, 5.41) is 12.9. The van der Waals surface area contributed by atoms with E-state index < -0.39 is 31.5 Å². The van der Waals surface area contributed by atoms with Crippen molar-refractivity contribution in [3.63, 3.8) is 0 Å². The number of methoxy groups -OCH3 is 3. The molecule has 3 aromatic rings. The second-order valence-electron chi connectivity index (χ2n) is 14.7. The molecule has 52 heavy (non-hydrogen) atoms. The Hall–Kier alpha value is -2.66. The Morgan fingerprint density at radius 2 is 1.56 bits per heavy atom. The highest BCUT2D eigenvalue weighted by molar-refractivity contribution is 8.29. The van der Waals surface area contributed by atoms with Crippen molar-refractivity contribution in [2.75, 3.05) is 34.5 Å². The van der Waals surface area contributed by atoms with Crippen LogP contribution in [0.25, 0.3) is 0 Å². The van der Waals surface area contributed by atoms with Gasteiger partial charge in [0.1, 0.15) is 25.2 Å². The van der Waals surface area contributed by atoms with Crippen LogP contribution in [0.2, 0.25) is 16.6 Å². The van der Waals surface area contributed by atoms with Gasteiger partial charge in [0.2, 0.25) is 5.22 Å². The lowest BCUT2D eigenvalue weighted by atomic mass is 9.86. The van der Waals surface area contributed by atoms with Gasteiger partial charge in [-0.15, -0.1) is 0 Å². The third-order valence-electron chi connectivity index (χ3n) is 10.7. The minimum absolute atomic E-state index is 0.257. The highest BCUT2D eigenvalue weighted by Crippen LogP contribution is 2.52. The molecule has 2 aliphatic rings. The molecule has 1 aliphatic heterocycles. The summed E-state index contributed by atoms with van der Waals surface area (Å²) >= 11 is 1.82. The van der Waals surface area contributed by atoms with E-state index in [0.717, 1.165) is 33.6 Å². The van der Waals surface area contributed by atoms with E-state index in [-0.39, 0.29) is 5.92 Å². The van der Waals surface area contributed by atoms with E-state index in [1.54, 1.807) is 27.5 Å². The molecular formula is C41H57NO8SSi. The summed E-state index contributed by atoms with van der Waals surface area (Å²) in [4.78, 5) is 4.74. The Labute approximate surface area is 315 Å². The zero-order valence-electron chi connectivity index (χ0n) is 32.5. The van der Waals surface area contributed by atoms with Crippen molar-refractivity contribution in [3.8, 4) is 17.6 Å². The maximum atomic E-state index is 12.2. The molecule has 5 rings (SSSR count). The standard InChI is InChI=1S/C41H57NO8SSi/c1-26(2)52(27(3)4,28(5)6)51-40-42-24-36(50-40)39(43)38-33(17-18-35-34(38)19-20-41(35)48-21-22-49-41)29(7)11-14-32(23-37(45-9)46-10)47-25-30-12-15-31(44-8)16-13-30/h12-13,15-18,24,26-29,32,37,39,43H,19-23,25H2,1-10H3. The number of aromatic nitrogens is 1. The van der Waals surface area contributed by atoms with E-state index in [1.165, 1.54) is 0 Å². The van der Waals surface area contributed by atoms with Crippen LogP contribution in [0.5, 0.6) is 5.75 Å². The molecule has 9 nitrogen and oxygen atoms in total. The molecule has 0 radical (unpaired) electrons. The number of nitrogens with zero attached hydrogens (tertiary/aromatic N) is 1. The summed E-state index contributed by atoms with van der Waals surface area (Å²) in [7, 11) is 2.95. The van der Waals surface area contributed by atoms with Crippen LogP contribution in [0, 0.1) is 11.8 Å². The van der Waals surface area contributed by atoms with Gasteiger partial charge in [0.05, 0.1) is 33.1 Å². The number of rotatable bonds is 16. The fourth-order valence-electron chi connectivity index (χ4n) is 8.13. The van der Waals surface area contributed by atoms with Gasteiger partial charge in [-0.25, -0.2) is 4.98 Å². The van der Waals surface area contributed by atoms with Gasteiger partial charge in [0, 0.05) is 38.5 Å². The Balaban J connectivity index is 1.48. The van der Waals surface area contributed by atoms with E-state index in [0.29, 0.717) is 66.7 Å². The van der Waals surface area contributed by atoms with Crippen LogP contribution in [0.1, 0.15) is 107 Å². The summed E-state index contributed by atoms with van der Waals surface area (Å²) in [6, 6.07) is 11.9. The summed E-state index contributed by atoms with van der Waals surface area (Å²) in [5.74, 6) is 7.00. The number of oxazole rings is 1. The van der Waals surface area contributed by atoms with E-state index in [2.05, 4.69) is 72.4 Å². The summed E-state index contributed by atoms with van der Waals surface area (Å²) in [6.07, 6.45) is 1.51. The van der Waals surface area contributed by atoms with Crippen molar-refractivity contribution in [2.24, 2.45) is 0 Å². The van der Waals surface area contributed by atoms with Crippen molar-refractivity contribution < 1.29 is 37.9 Å². The lowest BCUT2D eigenvalue weighted by Crippen LogP contribution is -2.41. The van der Waals surface area contributed by atoms with Gasteiger partial charge in [0.25, 0.3) is 0 Å². The number of aliphatic hydroxyl groups excluding tert-OH is 1. The molecular weight excluding hydrogens is 695 g/mol. The number of aliphatic hydroxyl groups is 1. The Morgan fingerprint density at radius 1 is 0.904 bits per heavy atom. The van der Waals surface area contributed by atoms with E-state index >= 15 is 0 Å². The molecule has 2 heterocycles. The van der Waals surface area contributed by atoms with Crippen molar-refractivity contribution >= 4 is 18.4 Å². The third kappa shape index (κ3) is 8.50. The van der Waals surface area contributed by atoms with Crippen LogP contribution in [-0.2, 0) is 42.5 Å². The fourth-order valence-corrected chi connectivity index (χ4v) is 16.7. The number of ether oxygens (including phenoxy) is 6. The Kier molecular flexibility index (Phi) is 13.8. The lowest BCUT2D eigenvalue weighted by molar-refractivity contribution is -0.163. The molecule has 3 atom stereocenters. The van der Waals surface area contributed by atoms with Crippen molar-refractivity contribution in [3.05, 3.63) is 76.2 Å². The molecule has 0 saturated carbocycles. The molecule has 2 aromatic carbocycles. The van der Waals surface area contributed by atoms with E-state index in [1.807, 2.05) is 35.5 Å². The first kappa shape index (κ1) is 40.5. The average Bonchev–Trinajstić information content (AvgIpc) is 3.90. The first-order chi connectivity index (χ1) is 24.9. The lowest BCUT2D eigenvalue weighted by Gasteiger charge is -2.40. The van der Waals surface area contributed by atoms with Crippen molar-refractivity contribution in [2.45, 2.75) is 126 Å². The predicted molar refractivity (Wildman–Crippen MR) is 206 cm³/mol. The number of hydrogen-bond donors (Lipinski definition) is 1. The Morgan fingerprint density at radius 3 is 2.15 bits per heavy atom. The third-order valence-corrected chi connectivity index (χ3v) is 22.7.